The number of fused-ring (bicyclic) bond motifs is 1. The quantitative estimate of drug-likeness (QED) is 0.270. The lowest BCUT2D eigenvalue weighted by atomic mass is 9.96. The molecule has 6 N–H and O–H groups in total. The van der Waals surface area contributed by atoms with Gasteiger partial charge in [-0.25, -0.2) is 0 Å². The molecule has 212 valence electrons. The van der Waals surface area contributed by atoms with Gasteiger partial charge in [-0.2, -0.15) is 0 Å². The molecule has 12 heteroatoms. The fourth-order valence-corrected chi connectivity index (χ4v) is 4.94. The molecule has 11 atom stereocenters. The molecule has 2 aromatic rings. The van der Waals surface area contributed by atoms with Crippen LogP contribution in [0.5, 0.6) is 11.5 Å². The fourth-order valence-electron chi connectivity index (χ4n) is 4.94. The van der Waals surface area contributed by atoms with Crippen molar-refractivity contribution in [3.8, 4) is 11.5 Å². The van der Waals surface area contributed by atoms with Crippen LogP contribution in [0.4, 0.5) is 0 Å². The third kappa shape index (κ3) is 5.53. The summed E-state index contributed by atoms with van der Waals surface area (Å²) in [4.78, 5) is 12.8. The van der Waals surface area contributed by atoms with E-state index in [0.29, 0.717) is 5.56 Å². The Morgan fingerprint density at radius 1 is 0.872 bits per heavy atom. The first-order valence-electron chi connectivity index (χ1n) is 12.7. The topological polar surface area (TPSA) is 185 Å². The highest BCUT2D eigenvalue weighted by Gasteiger charge is 2.51. The molecule has 0 bridgehead atoms. The minimum absolute atomic E-state index is 0.107. The van der Waals surface area contributed by atoms with Crippen molar-refractivity contribution in [2.45, 2.75) is 80.9 Å². The van der Waals surface area contributed by atoms with Crippen molar-refractivity contribution >= 4 is 5.78 Å². The number of aliphatic hydroxyl groups excluding tert-OH is 6. The molecule has 1 unspecified atom stereocenters. The van der Waals surface area contributed by atoms with Crippen LogP contribution in [0.1, 0.15) is 35.4 Å². The normalized spacial score (nSPS) is 38.5. The smallest absolute Gasteiger partial charge is 0.229 e. The van der Waals surface area contributed by atoms with E-state index >= 15 is 0 Å². The van der Waals surface area contributed by atoms with E-state index in [1.807, 2.05) is 30.3 Å². The van der Waals surface area contributed by atoms with Crippen molar-refractivity contribution < 1.29 is 59.1 Å². The third-order valence-corrected chi connectivity index (χ3v) is 7.24. The summed E-state index contributed by atoms with van der Waals surface area (Å²) in [7, 11) is 0. The van der Waals surface area contributed by atoms with Gasteiger partial charge in [-0.3, -0.25) is 4.79 Å². The van der Waals surface area contributed by atoms with Crippen LogP contribution in [-0.2, 0) is 14.2 Å². The number of benzene rings is 2. The largest absolute Gasteiger partial charge is 0.484 e. The summed E-state index contributed by atoms with van der Waals surface area (Å²) in [6.45, 7) is 0.821. The molecule has 3 heterocycles. The molecular formula is C27H32O12. The van der Waals surface area contributed by atoms with Gasteiger partial charge < -0.3 is 54.3 Å². The highest BCUT2D eigenvalue weighted by atomic mass is 16.8. The number of ketones is 1. The molecule has 0 aliphatic carbocycles. The lowest BCUT2D eigenvalue weighted by Gasteiger charge is -2.45. The fraction of sp³-hybridized carbons (Fsp3) is 0.519. The van der Waals surface area contributed by atoms with Crippen LogP contribution < -0.4 is 9.47 Å². The van der Waals surface area contributed by atoms with Crippen LogP contribution in [0, 0.1) is 0 Å². The molecule has 3 aliphatic rings. The second kappa shape index (κ2) is 11.5. The van der Waals surface area contributed by atoms with E-state index in [9.17, 15) is 35.4 Å². The van der Waals surface area contributed by atoms with Crippen LogP contribution >= 0.6 is 0 Å². The monoisotopic (exact) mass is 548 g/mol. The number of aliphatic hydroxyl groups is 6. The van der Waals surface area contributed by atoms with Crippen molar-refractivity contribution in [3.05, 3.63) is 59.7 Å². The summed E-state index contributed by atoms with van der Waals surface area (Å²) >= 11 is 0. The summed E-state index contributed by atoms with van der Waals surface area (Å²) in [6.07, 6.45) is -14.8. The molecule has 2 aromatic carbocycles. The minimum atomic E-state index is -1.69. The second-order valence-corrected chi connectivity index (χ2v) is 9.91. The third-order valence-electron chi connectivity index (χ3n) is 7.24. The van der Waals surface area contributed by atoms with Gasteiger partial charge in [0.1, 0.15) is 54.2 Å². The maximum absolute atomic E-state index is 12.8. The summed E-state index contributed by atoms with van der Waals surface area (Å²) in [6, 6.07) is 13.8. The maximum Gasteiger partial charge on any atom is 0.229 e. The van der Waals surface area contributed by atoms with Crippen LogP contribution in [0.25, 0.3) is 0 Å². The van der Waals surface area contributed by atoms with Gasteiger partial charge in [0, 0.05) is 6.07 Å². The van der Waals surface area contributed by atoms with E-state index in [4.69, 9.17) is 23.7 Å². The molecular weight excluding hydrogens is 516 g/mol. The lowest BCUT2D eigenvalue weighted by molar-refractivity contribution is -0.354. The summed E-state index contributed by atoms with van der Waals surface area (Å²) in [5.74, 6) is 0.342. The Kier molecular flexibility index (Phi) is 8.19. The first-order valence-corrected chi connectivity index (χ1v) is 12.7. The zero-order valence-electron chi connectivity index (χ0n) is 21.0. The molecule has 3 aliphatic heterocycles. The Bertz CT molecular complexity index is 1140. The van der Waals surface area contributed by atoms with Crippen molar-refractivity contribution in [2.75, 3.05) is 6.61 Å². The molecule has 0 amide bonds. The standard InChI is InChI=1S/C27H32O12/c1-12-20(30)22(32)24(34)26(35-12)39-25-23(33)21(31)19(11-28)38-27(25)36-14-7-8-15-16(29)10-17(37-18(15)9-14)13-5-3-2-4-6-13/h2-9,12,17,19-28,30-34H,10-11H2,1H3/t12-,17?,19+,20-,21+,22+,23-,24+,25+,26+,27+/m0/s1. The van der Waals surface area contributed by atoms with Crippen LogP contribution in [0.3, 0.4) is 0 Å². The van der Waals surface area contributed by atoms with Gasteiger partial charge in [-0.05, 0) is 24.6 Å². The van der Waals surface area contributed by atoms with Crippen LogP contribution in [-0.4, -0.2) is 104 Å². The highest BCUT2D eigenvalue weighted by Crippen LogP contribution is 2.38. The zero-order chi connectivity index (χ0) is 27.8. The molecule has 0 saturated carbocycles. The Hall–Kier alpha value is -2.65. The molecule has 39 heavy (non-hydrogen) atoms. The average molecular weight is 549 g/mol. The van der Waals surface area contributed by atoms with E-state index in [2.05, 4.69) is 0 Å². The van der Waals surface area contributed by atoms with Gasteiger partial charge in [-0.1, -0.05) is 30.3 Å². The Labute approximate surface area is 223 Å². The van der Waals surface area contributed by atoms with E-state index in [0.717, 1.165) is 5.56 Å². The van der Waals surface area contributed by atoms with Crippen molar-refractivity contribution in [2.24, 2.45) is 0 Å². The van der Waals surface area contributed by atoms with Gasteiger partial charge in [0.05, 0.1) is 24.7 Å². The highest BCUT2D eigenvalue weighted by molar-refractivity contribution is 6.00. The predicted molar refractivity (Wildman–Crippen MR) is 131 cm³/mol. The van der Waals surface area contributed by atoms with Gasteiger partial charge in [0.2, 0.25) is 6.29 Å². The second-order valence-electron chi connectivity index (χ2n) is 9.91. The number of carbonyl (C=O) groups is 1. The van der Waals surface area contributed by atoms with Gasteiger partial charge in [0.15, 0.2) is 18.2 Å². The molecule has 5 rings (SSSR count). The van der Waals surface area contributed by atoms with Crippen molar-refractivity contribution in [1.82, 2.24) is 0 Å². The van der Waals surface area contributed by atoms with Gasteiger partial charge in [0.25, 0.3) is 0 Å². The molecule has 0 spiro atoms. The minimum Gasteiger partial charge on any atom is -0.484 e. The van der Waals surface area contributed by atoms with Crippen molar-refractivity contribution in [1.29, 1.82) is 0 Å². The molecule has 0 radical (unpaired) electrons. The average Bonchev–Trinajstić information content (AvgIpc) is 2.94. The van der Waals surface area contributed by atoms with Gasteiger partial charge in [-0.15, -0.1) is 0 Å². The Balaban J connectivity index is 1.38. The predicted octanol–water partition coefficient (Wildman–Crippen LogP) is -0.576. The first-order chi connectivity index (χ1) is 18.7. The summed E-state index contributed by atoms with van der Waals surface area (Å²) in [5, 5.41) is 61.4. The Morgan fingerprint density at radius 2 is 1.62 bits per heavy atom. The number of ether oxygens (including phenoxy) is 5. The van der Waals surface area contributed by atoms with Crippen LogP contribution in [0.2, 0.25) is 0 Å². The van der Waals surface area contributed by atoms with Crippen LogP contribution in [0.15, 0.2) is 48.5 Å². The number of hydrogen-bond donors (Lipinski definition) is 6. The van der Waals surface area contributed by atoms with E-state index in [-0.39, 0.29) is 23.7 Å². The maximum atomic E-state index is 12.8. The number of carbonyl (C=O) groups excluding carboxylic acids is 1. The lowest BCUT2D eigenvalue weighted by Crippen LogP contribution is -2.64. The van der Waals surface area contributed by atoms with E-state index in [1.165, 1.54) is 25.1 Å². The molecule has 2 saturated heterocycles. The summed E-state index contributed by atoms with van der Waals surface area (Å²) in [5.41, 5.74) is 1.21. The SMILES string of the molecule is C[C@@H]1O[C@H](O[C@H]2[C@H](Oc3ccc4c(c3)OC(c3ccccc3)CC4=O)O[C@H](CO)[C@@H](O)[C@@H]2O)[C@H](O)[C@H](O)[C@H]1O. The van der Waals surface area contributed by atoms with E-state index in [1.54, 1.807) is 0 Å². The van der Waals surface area contributed by atoms with Crippen molar-refractivity contribution in [3.63, 3.8) is 0 Å². The number of rotatable bonds is 6. The molecule has 2 fully saturated rings. The first kappa shape index (κ1) is 27.9. The Morgan fingerprint density at radius 3 is 2.33 bits per heavy atom. The van der Waals surface area contributed by atoms with Gasteiger partial charge >= 0.3 is 0 Å². The van der Waals surface area contributed by atoms with E-state index < -0.39 is 74.1 Å². The zero-order valence-corrected chi connectivity index (χ0v) is 21.0. The summed E-state index contributed by atoms with van der Waals surface area (Å²) < 4.78 is 28.9. The number of Topliss-reactive ketones (excluding diaryl/α,β-unsaturated/α-hetero) is 1. The molecule has 12 nitrogen and oxygen atoms in total. The molecule has 0 aromatic heterocycles. The number of hydrogen-bond acceptors (Lipinski definition) is 12.